The molecule has 0 aliphatic carbocycles. The summed E-state index contributed by atoms with van der Waals surface area (Å²) in [6, 6.07) is 3.00. The maximum atomic E-state index is 12.7. The lowest BCUT2D eigenvalue weighted by atomic mass is 10.2. The van der Waals surface area contributed by atoms with E-state index in [1.54, 1.807) is 0 Å². The average Bonchev–Trinajstić information content (AvgIpc) is 2.22. The van der Waals surface area contributed by atoms with Crippen LogP contribution in [0.5, 0.6) is 0 Å². The molecule has 15 heavy (non-hydrogen) atoms. The Labute approximate surface area is 86.0 Å². The van der Waals surface area contributed by atoms with Gasteiger partial charge in [0.25, 0.3) is 5.91 Å². The van der Waals surface area contributed by atoms with Gasteiger partial charge in [0.1, 0.15) is 0 Å². The van der Waals surface area contributed by atoms with Gasteiger partial charge in [0.15, 0.2) is 11.6 Å². The molecule has 0 fully saturated rings. The summed E-state index contributed by atoms with van der Waals surface area (Å²) in [5, 5.41) is 2.49. The summed E-state index contributed by atoms with van der Waals surface area (Å²) in [6.45, 7) is 0.698. The molecule has 0 saturated heterocycles. The van der Waals surface area contributed by atoms with Gasteiger partial charge in [-0.25, -0.2) is 8.78 Å². The SMILES string of the molecule is COCCNC(=O)c1ccc(F)c(F)c1. The maximum absolute atomic E-state index is 12.7. The van der Waals surface area contributed by atoms with Crippen LogP contribution in [0.1, 0.15) is 10.4 Å². The van der Waals surface area contributed by atoms with Crippen molar-refractivity contribution in [2.75, 3.05) is 20.3 Å². The molecule has 1 amide bonds. The fraction of sp³-hybridized carbons (Fsp3) is 0.300. The smallest absolute Gasteiger partial charge is 0.251 e. The second kappa shape index (κ2) is 5.41. The van der Waals surface area contributed by atoms with Gasteiger partial charge in [0.2, 0.25) is 0 Å². The molecule has 0 aliphatic heterocycles. The van der Waals surface area contributed by atoms with Crippen LogP contribution >= 0.6 is 0 Å². The third-order valence-corrected chi connectivity index (χ3v) is 1.77. The Balaban J connectivity index is 2.62. The molecule has 5 heteroatoms. The first-order chi connectivity index (χ1) is 7.15. The molecule has 0 radical (unpaired) electrons. The number of ether oxygens (including phenoxy) is 1. The minimum atomic E-state index is -1.03. The van der Waals surface area contributed by atoms with Gasteiger partial charge in [-0.15, -0.1) is 0 Å². The Kier molecular flexibility index (Phi) is 4.17. The molecule has 0 aromatic heterocycles. The van der Waals surface area contributed by atoms with E-state index in [1.807, 2.05) is 0 Å². The predicted octanol–water partition coefficient (Wildman–Crippen LogP) is 1.34. The number of methoxy groups -OCH3 is 1. The molecular formula is C10H11F2NO2. The van der Waals surface area contributed by atoms with Crippen LogP contribution in [0.3, 0.4) is 0 Å². The summed E-state index contributed by atoms with van der Waals surface area (Å²) >= 11 is 0. The molecule has 3 nitrogen and oxygen atoms in total. The molecule has 0 saturated carbocycles. The van der Waals surface area contributed by atoms with Crippen molar-refractivity contribution in [3.05, 3.63) is 35.4 Å². The summed E-state index contributed by atoms with van der Waals surface area (Å²) in [5.41, 5.74) is 0.0880. The van der Waals surface area contributed by atoms with E-state index in [2.05, 4.69) is 5.32 Å². The third-order valence-electron chi connectivity index (χ3n) is 1.77. The molecule has 0 aliphatic rings. The zero-order valence-corrected chi connectivity index (χ0v) is 8.22. The Hall–Kier alpha value is -1.49. The minimum absolute atomic E-state index is 0.0880. The van der Waals surface area contributed by atoms with Crippen molar-refractivity contribution in [3.63, 3.8) is 0 Å². The van der Waals surface area contributed by atoms with Gasteiger partial charge < -0.3 is 10.1 Å². The monoisotopic (exact) mass is 215 g/mol. The third kappa shape index (κ3) is 3.28. The van der Waals surface area contributed by atoms with Crippen LogP contribution < -0.4 is 5.32 Å². The van der Waals surface area contributed by atoms with Gasteiger partial charge in [-0.2, -0.15) is 0 Å². The molecular weight excluding hydrogens is 204 g/mol. The molecule has 82 valence electrons. The van der Waals surface area contributed by atoms with Crippen LogP contribution in [0, 0.1) is 11.6 Å². The first-order valence-corrected chi connectivity index (χ1v) is 4.37. The second-order valence-electron chi connectivity index (χ2n) is 2.88. The number of benzene rings is 1. The lowest BCUT2D eigenvalue weighted by Gasteiger charge is -2.04. The van der Waals surface area contributed by atoms with Crippen molar-refractivity contribution in [1.29, 1.82) is 0 Å². The van der Waals surface area contributed by atoms with Crippen molar-refractivity contribution < 1.29 is 18.3 Å². The highest BCUT2D eigenvalue weighted by Gasteiger charge is 2.08. The highest BCUT2D eigenvalue weighted by atomic mass is 19.2. The highest BCUT2D eigenvalue weighted by Crippen LogP contribution is 2.08. The lowest BCUT2D eigenvalue weighted by Crippen LogP contribution is -2.27. The first-order valence-electron chi connectivity index (χ1n) is 4.37. The fourth-order valence-corrected chi connectivity index (χ4v) is 1.01. The summed E-state index contributed by atoms with van der Waals surface area (Å²) in [7, 11) is 1.50. The number of carbonyl (C=O) groups excluding carboxylic acids is 1. The van der Waals surface area contributed by atoms with E-state index in [9.17, 15) is 13.6 Å². The molecule has 1 aromatic carbocycles. The Morgan fingerprint density at radius 3 is 2.73 bits per heavy atom. The van der Waals surface area contributed by atoms with Gasteiger partial charge in [-0.1, -0.05) is 0 Å². The summed E-state index contributed by atoms with van der Waals surface area (Å²) in [5.74, 6) is -2.45. The van der Waals surface area contributed by atoms with Crippen LogP contribution in [-0.2, 0) is 4.74 Å². The Morgan fingerprint density at radius 1 is 1.40 bits per heavy atom. The van der Waals surface area contributed by atoms with E-state index in [4.69, 9.17) is 4.74 Å². The van der Waals surface area contributed by atoms with Gasteiger partial charge in [0.05, 0.1) is 6.61 Å². The van der Waals surface area contributed by atoms with Crippen LogP contribution in [0.15, 0.2) is 18.2 Å². The van der Waals surface area contributed by atoms with E-state index in [1.165, 1.54) is 13.2 Å². The van der Waals surface area contributed by atoms with Crippen molar-refractivity contribution in [2.24, 2.45) is 0 Å². The second-order valence-corrected chi connectivity index (χ2v) is 2.88. The largest absolute Gasteiger partial charge is 0.383 e. The van der Waals surface area contributed by atoms with E-state index in [-0.39, 0.29) is 5.56 Å². The molecule has 0 spiro atoms. The summed E-state index contributed by atoms with van der Waals surface area (Å²) < 4.78 is 30.0. The number of amides is 1. The van der Waals surface area contributed by atoms with Gasteiger partial charge in [-0.3, -0.25) is 4.79 Å². The van der Waals surface area contributed by atoms with Gasteiger partial charge >= 0.3 is 0 Å². The molecule has 0 atom stereocenters. The topological polar surface area (TPSA) is 38.3 Å². The van der Waals surface area contributed by atoms with Crippen molar-refractivity contribution in [1.82, 2.24) is 5.32 Å². The Bertz CT molecular complexity index is 355. The zero-order chi connectivity index (χ0) is 11.3. The molecule has 1 N–H and O–H groups in total. The normalized spacial score (nSPS) is 10.1. The zero-order valence-electron chi connectivity index (χ0n) is 8.22. The number of nitrogens with one attached hydrogen (secondary N) is 1. The first kappa shape index (κ1) is 11.6. The van der Waals surface area contributed by atoms with E-state index < -0.39 is 17.5 Å². The van der Waals surface area contributed by atoms with Crippen LogP contribution in [0.2, 0.25) is 0 Å². The van der Waals surface area contributed by atoms with Crippen molar-refractivity contribution >= 4 is 5.91 Å². The summed E-state index contributed by atoms with van der Waals surface area (Å²) in [6.07, 6.45) is 0. The van der Waals surface area contributed by atoms with E-state index in [0.717, 1.165) is 12.1 Å². The molecule has 0 heterocycles. The average molecular weight is 215 g/mol. The van der Waals surface area contributed by atoms with E-state index in [0.29, 0.717) is 13.2 Å². The summed E-state index contributed by atoms with van der Waals surface area (Å²) in [4.78, 5) is 11.3. The maximum Gasteiger partial charge on any atom is 0.251 e. The number of rotatable bonds is 4. The standard InChI is InChI=1S/C10H11F2NO2/c1-15-5-4-13-10(14)7-2-3-8(11)9(12)6-7/h2-3,6H,4-5H2,1H3,(H,13,14). The number of carbonyl (C=O) groups is 1. The van der Waals surface area contributed by atoms with Gasteiger partial charge in [0, 0.05) is 19.2 Å². The molecule has 1 rings (SSSR count). The molecule has 1 aromatic rings. The highest BCUT2D eigenvalue weighted by molar-refractivity contribution is 5.94. The quantitative estimate of drug-likeness (QED) is 0.770. The van der Waals surface area contributed by atoms with Crippen molar-refractivity contribution in [2.45, 2.75) is 0 Å². The number of hydrogen-bond donors (Lipinski definition) is 1. The lowest BCUT2D eigenvalue weighted by molar-refractivity contribution is 0.0936. The van der Waals surface area contributed by atoms with Crippen molar-refractivity contribution in [3.8, 4) is 0 Å². The van der Waals surface area contributed by atoms with Crippen LogP contribution in [-0.4, -0.2) is 26.2 Å². The van der Waals surface area contributed by atoms with Crippen LogP contribution in [0.25, 0.3) is 0 Å². The number of halogens is 2. The van der Waals surface area contributed by atoms with Crippen LogP contribution in [0.4, 0.5) is 8.78 Å². The Morgan fingerprint density at radius 2 is 2.13 bits per heavy atom. The van der Waals surface area contributed by atoms with Gasteiger partial charge in [-0.05, 0) is 18.2 Å². The molecule has 0 unspecified atom stereocenters. The van der Waals surface area contributed by atoms with E-state index >= 15 is 0 Å². The minimum Gasteiger partial charge on any atom is -0.383 e. The fourth-order valence-electron chi connectivity index (χ4n) is 1.01. The number of hydrogen-bond acceptors (Lipinski definition) is 2. The molecule has 0 bridgehead atoms. The predicted molar refractivity (Wildman–Crippen MR) is 50.6 cm³/mol.